The van der Waals surface area contributed by atoms with Gasteiger partial charge < -0.3 is 0 Å². The van der Waals surface area contributed by atoms with E-state index in [-0.39, 0.29) is 0 Å². The van der Waals surface area contributed by atoms with Crippen molar-refractivity contribution in [2.24, 2.45) is 0 Å². The van der Waals surface area contributed by atoms with Crippen LogP contribution >= 0.6 is 55.4 Å². The van der Waals surface area contributed by atoms with E-state index in [1.165, 1.54) is 0 Å². The van der Waals surface area contributed by atoms with Gasteiger partial charge in [0.05, 0.1) is 0 Å². The Balaban J connectivity index is 4.09. The van der Waals surface area contributed by atoms with Gasteiger partial charge in [-0.3, -0.25) is 0 Å². The van der Waals surface area contributed by atoms with E-state index in [9.17, 15) is 26.3 Å². The molecule has 0 atom stereocenters. The molecule has 0 radical (unpaired) electrons. The zero-order valence-corrected chi connectivity index (χ0v) is 10.9. The first kappa shape index (κ1) is 15.2. The lowest BCUT2D eigenvalue weighted by Gasteiger charge is -2.21. The molecule has 0 saturated carbocycles. The van der Waals surface area contributed by atoms with Crippen molar-refractivity contribution in [2.75, 3.05) is 5.75 Å². The number of rotatable bonds is 3. The molecule has 0 rings (SSSR count). The molecule has 0 aromatic rings. The Morgan fingerprint density at radius 2 is 1.29 bits per heavy atom. The summed E-state index contributed by atoms with van der Waals surface area (Å²) in [5.74, 6) is -0.791. The van der Waals surface area contributed by atoms with E-state index in [0.29, 0.717) is 0 Å². The monoisotopic (exact) mass is 386 g/mol. The molecule has 0 amide bonds. The summed E-state index contributed by atoms with van der Waals surface area (Å²) >= 11 is 3.90. The van der Waals surface area contributed by atoms with Crippen LogP contribution in [0, 0.1) is 0 Å². The van der Waals surface area contributed by atoms with Gasteiger partial charge in [0.25, 0.3) is 0 Å². The van der Waals surface area contributed by atoms with Gasteiger partial charge in [-0.15, -0.1) is 0 Å². The highest BCUT2D eigenvalue weighted by Gasteiger charge is 2.43. The Hall–Kier alpha value is 1.24. The second-order valence-corrected chi connectivity index (χ2v) is 9.15. The molecule has 0 unspecified atom stereocenters. The van der Waals surface area contributed by atoms with Crippen molar-refractivity contribution in [1.29, 1.82) is 0 Å². The van der Waals surface area contributed by atoms with Crippen molar-refractivity contribution in [1.82, 2.24) is 0 Å². The fourth-order valence-corrected chi connectivity index (χ4v) is 3.24. The summed E-state index contributed by atoms with van der Waals surface area (Å²) in [6.45, 7) is 0. The Morgan fingerprint density at radius 1 is 0.857 bits per heavy atom. The summed E-state index contributed by atoms with van der Waals surface area (Å²) in [5, 5.41) is 0. The van der Waals surface area contributed by atoms with Crippen LogP contribution in [0.2, 0.25) is 0 Å². The van der Waals surface area contributed by atoms with E-state index in [4.69, 9.17) is 0 Å². The molecule has 0 saturated heterocycles. The quantitative estimate of drug-likeness (QED) is 0.497. The highest BCUT2D eigenvalue weighted by atomic mass is 79.9. The smallest absolute Gasteiger partial charge is 0.160 e. The molecule has 0 aliphatic heterocycles. The van der Waals surface area contributed by atoms with Gasteiger partial charge in [0.1, 0.15) is 2.57 Å². The highest BCUT2D eigenvalue weighted by Crippen LogP contribution is 2.51. The normalized spacial score (nSPS) is 14.6. The molecular weight excluding hydrogens is 386 g/mol. The zero-order chi connectivity index (χ0) is 11.6. The van der Waals surface area contributed by atoms with Gasteiger partial charge in [0, 0.05) is 5.75 Å². The fraction of sp³-hybridized carbons (Fsp3) is 1.00. The van der Waals surface area contributed by atoms with Gasteiger partial charge in [-0.2, -0.15) is 26.3 Å². The molecule has 0 aliphatic rings. The molecule has 0 aromatic carbocycles. The summed E-state index contributed by atoms with van der Waals surface area (Å²) in [4.78, 5) is 0. The molecule has 14 heavy (non-hydrogen) atoms. The van der Waals surface area contributed by atoms with Crippen molar-refractivity contribution in [2.45, 2.75) is 13.6 Å². The number of alkyl halides is 8. The predicted octanol–water partition coefficient (Wildman–Crippen LogP) is 4.94. The number of thioether (sulfide) groups is 2. The number of hydrogen-bond donors (Lipinski definition) is 0. The van der Waals surface area contributed by atoms with Crippen LogP contribution < -0.4 is 0 Å². The highest BCUT2D eigenvalue weighted by molar-refractivity contribution is 9.28. The van der Waals surface area contributed by atoms with Crippen molar-refractivity contribution < 1.29 is 26.3 Å². The van der Waals surface area contributed by atoms with Gasteiger partial charge in [-0.25, -0.2) is 0 Å². The molecule has 0 fully saturated rings. The van der Waals surface area contributed by atoms with Gasteiger partial charge >= 0.3 is 11.0 Å². The van der Waals surface area contributed by atoms with Gasteiger partial charge in [0.2, 0.25) is 0 Å². The van der Waals surface area contributed by atoms with E-state index in [1.54, 1.807) is 0 Å². The van der Waals surface area contributed by atoms with Crippen molar-refractivity contribution in [3.8, 4) is 0 Å². The molecule has 86 valence electrons. The first-order chi connectivity index (χ1) is 5.91. The van der Waals surface area contributed by atoms with Crippen LogP contribution in [0.15, 0.2) is 0 Å². The van der Waals surface area contributed by atoms with E-state index >= 15 is 0 Å². The van der Waals surface area contributed by atoms with Gasteiger partial charge in [-0.05, 0) is 23.5 Å². The average molecular weight is 388 g/mol. The van der Waals surface area contributed by atoms with Crippen LogP contribution in [-0.4, -0.2) is 19.3 Å². The van der Waals surface area contributed by atoms with Crippen molar-refractivity contribution in [3.63, 3.8) is 0 Å². The summed E-state index contributed by atoms with van der Waals surface area (Å²) < 4.78 is 68.5. The third kappa shape index (κ3) is 9.78. The standard InChI is InChI=1S/C4H2Br2F6S2/c5-2(6,14-4(10,11)12)1-13-3(7,8)9/h1H2. The van der Waals surface area contributed by atoms with Crippen LogP contribution in [0.25, 0.3) is 0 Å². The van der Waals surface area contributed by atoms with Crippen molar-refractivity contribution >= 4 is 55.4 Å². The Kier molecular flexibility index (Phi) is 5.49. The number of halogens is 8. The minimum Gasteiger partial charge on any atom is -0.160 e. The fourth-order valence-electron chi connectivity index (χ4n) is 0.365. The summed E-state index contributed by atoms with van der Waals surface area (Å²) in [6, 6.07) is 0. The largest absolute Gasteiger partial charge is 0.443 e. The van der Waals surface area contributed by atoms with E-state index in [1.807, 2.05) is 0 Å². The number of hydrogen-bond acceptors (Lipinski definition) is 2. The lowest BCUT2D eigenvalue weighted by atomic mass is 10.9. The minimum atomic E-state index is -4.60. The van der Waals surface area contributed by atoms with Crippen LogP contribution in [0.5, 0.6) is 0 Å². The molecule has 0 N–H and O–H groups in total. The molecule has 0 nitrogen and oxygen atoms in total. The molecule has 0 heterocycles. The van der Waals surface area contributed by atoms with E-state index < -0.39 is 42.9 Å². The molecule has 0 spiro atoms. The van der Waals surface area contributed by atoms with Crippen molar-refractivity contribution in [3.05, 3.63) is 0 Å². The first-order valence-corrected chi connectivity index (χ1v) is 6.15. The second-order valence-electron chi connectivity index (χ2n) is 1.92. The molecular formula is C4H2Br2F6S2. The van der Waals surface area contributed by atoms with Crippen LogP contribution in [0.4, 0.5) is 26.3 Å². The predicted molar refractivity (Wildman–Crippen MR) is 52.7 cm³/mol. The zero-order valence-electron chi connectivity index (χ0n) is 6.05. The van der Waals surface area contributed by atoms with Gasteiger partial charge in [0.15, 0.2) is 0 Å². The summed E-state index contributed by atoms with van der Waals surface area (Å²) in [6.07, 6.45) is 0. The maximum atomic E-state index is 11.8. The van der Waals surface area contributed by atoms with Crippen LogP contribution in [0.3, 0.4) is 0 Å². The second kappa shape index (κ2) is 5.05. The first-order valence-electron chi connectivity index (χ1n) is 2.77. The van der Waals surface area contributed by atoms with Crippen LogP contribution in [0.1, 0.15) is 0 Å². The maximum absolute atomic E-state index is 11.8. The van der Waals surface area contributed by atoms with Crippen LogP contribution in [-0.2, 0) is 0 Å². The minimum absolute atomic E-state index is 0.533. The Labute approximate surface area is 101 Å². The van der Waals surface area contributed by atoms with E-state index in [0.717, 1.165) is 0 Å². The summed E-state index contributed by atoms with van der Waals surface area (Å²) in [7, 11) is 0. The third-order valence-electron chi connectivity index (χ3n) is 0.669. The molecule has 0 bridgehead atoms. The topological polar surface area (TPSA) is 0 Å². The molecule has 0 aromatic heterocycles. The Bertz CT molecular complexity index is 187. The SMILES string of the molecule is FC(F)(F)SCC(Br)(Br)SC(F)(F)F. The maximum Gasteiger partial charge on any atom is 0.443 e. The lowest BCUT2D eigenvalue weighted by Crippen LogP contribution is -2.19. The lowest BCUT2D eigenvalue weighted by molar-refractivity contribution is -0.0346. The average Bonchev–Trinajstić information content (AvgIpc) is 1.76. The molecule has 0 aliphatic carbocycles. The third-order valence-corrected chi connectivity index (χ3v) is 4.71. The Morgan fingerprint density at radius 3 is 1.57 bits per heavy atom. The van der Waals surface area contributed by atoms with Gasteiger partial charge in [-0.1, -0.05) is 31.9 Å². The van der Waals surface area contributed by atoms with E-state index in [2.05, 4.69) is 31.9 Å². The summed E-state index contributed by atoms with van der Waals surface area (Å²) in [5.41, 5.74) is -9.14. The molecule has 10 heteroatoms.